The molecule has 3 N–H and O–H groups in total. The summed E-state index contributed by atoms with van der Waals surface area (Å²) in [5.41, 5.74) is 0. The van der Waals surface area contributed by atoms with Gasteiger partial charge in [0.2, 0.25) is 0 Å². The molecule has 0 heterocycles. The Hall–Kier alpha value is 0.0300. The number of hydrogen-bond acceptors (Lipinski definition) is 4. The molecule has 0 rings (SSSR count). The Bertz CT molecular complexity index is 142. The lowest BCUT2D eigenvalue weighted by molar-refractivity contribution is -0.0577. The highest BCUT2D eigenvalue weighted by Gasteiger charge is 2.13. The van der Waals surface area contributed by atoms with E-state index in [-0.39, 0.29) is 6.61 Å². The fraction of sp³-hybridized carbons (Fsp3) is 1.00. The Morgan fingerprint density at radius 3 is 2.45 bits per heavy atom. The second kappa shape index (κ2) is 4.82. The third kappa shape index (κ3) is 7.93. The molecule has 0 aromatic heterocycles. The zero-order chi connectivity index (χ0) is 8.91. The van der Waals surface area contributed by atoms with E-state index in [1.165, 1.54) is 0 Å². The number of ether oxygens (including phenoxy) is 1. The second-order valence-corrected chi connectivity index (χ2v) is 3.14. The van der Waals surface area contributed by atoms with Crippen LogP contribution in [0.2, 0.25) is 0 Å². The van der Waals surface area contributed by atoms with Gasteiger partial charge < -0.3 is 19.6 Å². The molecule has 1 unspecified atom stereocenters. The van der Waals surface area contributed by atoms with Crippen molar-refractivity contribution in [1.29, 1.82) is 0 Å². The lowest BCUT2D eigenvalue weighted by Gasteiger charge is -2.10. The molecule has 1 atom stereocenters. The number of hydrogen-bond donors (Lipinski definition) is 3. The zero-order valence-corrected chi connectivity index (χ0v) is 6.90. The summed E-state index contributed by atoms with van der Waals surface area (Å²) in [6.45, 7) is 0.805. The maximum absolute atomic E-state index is 10.0. The summed E-state index contributed by atoms with van der Waals surface area (Å²) in [7, 11) is -4.44. The molecule has 6 nitrogen and oxygen atoms in total. The first-order valence-corrected chi connectivity index (χ1v) is 4.41. The standard InChI is InChI=1S/C4H11O6P/c1-4(2-5)9-3-10-11(6,7)8/h4-5H,2-3H2,1H3,(H2,6,7,8). The van der Waals surface area contributed by atoms with E-state index in [4.69, 9.17) is 14.9 Å². The van der Waals surface area contributed by atoms with Crippen molar-refractivity contribution in [2.45, 2.75) is 13.0 Å². The van der Waals surface area contributed by atoms with Crippen molar-refractivity contribution in [2.24, 2.45) is 0 Å². The summed E-state index contributed by atoms with van der Waals surface area (Å²) < 4.78 is 18.6. The minimum atomic E-state index is -4.44. The normalized spacial score (nSPS) is 14.9. The van der Waals surface area contributed by atoms with Gasteiger partial charge in [-0.05, 0) is 6.92 Å². The third-order valence-corrected chi connectivity index (χ3v) is 1.27. The molecule has 0 fully saturated rings. The fourth-order valence-electron chi connectivity index (χ4n) is 0.268. The minimum Gasteiger partial charge on any atom is -0.394 e. The average molecular weight is 186 g/mol. The summed E-state index contributed by atoms with van der Waals surface area (Å²) in [6, 6.07) is 0. The first-order valence-electron chi connectivity index (χ1n) is 2.88. The number of phosphoric ester groups is 1. The van der Waals surface area contributed by atoms with Crippen molar-refractivity contribution >= 4 is 7.82 Å². The molecule has 7 heteroatoms. The van der Waals surface area contributed by atoms with Crippen molar-refractivity contribution in [3.8, 4) is 0 Å². The highest BCUT2D eigenvalue weighted by Crippen LogP contribution is 2.35. The van der Waals surface area contributed by atoms with Gasteiger partial charge in [0.15, 0.2) is 6.79 Å². The van der Waals surface area contributed by atoms with Crippen LogP contribution >= 0.6 is 7.82 Å². The van der Waals surface area contributed by atoms with E-state index in [0.717, 1.165) is 0 Å². The molecule has 0 bridgehead atoms. The van der Waals surface area contributed by atoms with Crippen molar-refractivity contribution < 1.29 is 28.7 Å². The SMILES string of the molecule is CC(CO)OCOP(=O)(O)O. The van der Waals surface area contributed by atoms with Gasteiger partial charge in [-0.3, -0.25) is 4.52 Å². The van der Waals surface area contributed by atoms with Crippen LogP contribution in [0.15, 0.2) is 0 Å². The average Bonchev–Trinajstić information content (AvgIpc) is 1.85. The van der Waals surface area contributed by atoms with Gasteiger partial charge in [-0.1, -0.05) is 0 Å². The lowest BCUT2D eigenvalue weighted by Crippen LogP contribution is -2.14. The summed E-state index contributed by atoms with van der Waals surface area (Å²) in [4.78, 5) is 16.3. The Kier molecular flexibility index (Phi) is 4.83. The molecule has 0 radical (unpaired) electrons. The quantitative estimate of drug-likeness (QED) is 0.393. The molecule has 0 aliphatic carbocycles. The Morgan fingerprint density at radius 1 is 1.55 bits per heavy atom. The molecule has 68 valence electrons. The molecular weight excluding hydrogens is 175 g/mol. The molecule has 0 saturated heterocycles. The van der Waals surface area contributed by atoms with E-state index < -0.39 is 20.7 Å². The van der Waals surface area contributed by atoms with Gasteiger partial charge in [-0.2, -0.15) is 0 Å². The third-order valence-electron chi connectivity index (χ3n) is 0.831. The van der Waals surface area contributed by atoms with Gasteiger partial charge in [0.05, 0.1) is 12.7 Å². The van der Waals surface area contributed by atoms with Crippen LogP contribution < -0.4 is 0 Å². The largest absolute Gasteiger partial charge is 0.471 e. The van der Waals surface area contributed by atoms with Crippen LogP contribution in [0.3, 0.4) is 0 Å². The predicted molar refractivity (Wildman–Crippen MR) is 35.6 cm³/mol. The minimum absolute atomic E-state index is 0.218. The molecule has 0 amide bonds. The monoisotopic (exact) mass is 186 g/mol. The van der Waals surface area contributed by atoms with Crippen LogP contribution in [0, 0.1) is 0 Å². The van der Waals surface area contributed by atoms with E-state index in [2.05, 4.69) is 9.26 Å². The Balaban J connectivity index is 3.35. The topological polar surface area (TPSA) is 96.2 Å². The van der Waals surface area contributed by atoms with Crippen LogP contribution in [0.1, 0.15) is 6.92 Å². The summed E-state index contributed by atoms with van der Waals surface area (Å²) >= 11 is 0. The first-order chi connectivity index (χ1) is 4.95. The summed E-state index contributed by atoms with van der Waals surface area (Å²) in [5.74, 6) is 0. The molecule has 0 aliphatic rings. The highest BCUT2D eigenvalue weighted by atomic mass is 31.2. The van der Waals surface area contributed by atoms with Crippen molar-refractivity contribution in [3.05, 3.63) is 0 Å². The van der Waals surface area contributed by atoms with Crippen LogP contribution in [-0.4, -0.2) is 34.4 Å². The zero-order valence-electron chi connectivity index (χ0n) is 6.01. The van der Waals surface area contributed by atoms with Gasteiger partial charge in [0.1, 0.15) is 0 Å². The number of aliphatic hydroxyl groups is 1. The maximum atomic E-state index is 10.0. The predicted octanol–water partition coefficient (Wildman–Crippen LogP) is -0.549. The van der Waals surface area contributed by atoms with Gasteiger partial charge >= 0.3 is 7.82 Å². The summed E-state index contributed by atoms with van der Waals surface area (Å²) in [5, 5.41) is 8.39. The van der Waals surface area contributed by atoms with Crippen molar-refractivity contribution in [1.82, 2.24) is 0 Å². The smallest absolute Gasteiger partial charge is 0.394 e. The molecule has 0 aliphatic heterocycles. The van der Waals surface area contributed by atoms with E-state index in [1.54, 1.807) is 6.92 Å². The van der Waals surface area contributed by atoms with Gasteiger partial charge in [-0.25, -0.2) is 4.57 Å². The van der Waals surface area contributed by atoms with Gasteiger partial charge in [0, 0.05) is 0 Å². The maximum Gasteiger partial charge on any atom is 0.471 e. The molecule has 0 aromatic rings. The Morgan fingerprint density at radius 2 is 2.09 bits per heavy atom. The van der Waals surface area contributed by atoms with Crippen molar-refractivity contribution in [2.75, 3.05) is 13.4 Å². The van der Waals surface area contributed by atoms with E-state index in [9.17, 15) is 4.57 Å². The van der Waals surface area contributed by atoms with E-state index in [1.807, 2.05) is 0 Å². The van der Waals surface area contributed by atoms with Gasteiger partial charge in [0.25, 0.3) is 0 Å². The molecular formula is C4H11O6P. The number of phosphoric acid groups is 1. The molecule has 0 saturated carbocycles. The molecule has 0 aromatic carbocycles. The van der Waals surface area contributed by atoms with Crippen molar-refractivity contribution in [3.63, 3.8) is 0 Å². The molecule has 11 heavy (non-hydrogen) atoms. The van der Waals surface area contributed by atoms with Crippen LogP contribution in [0.4, 0.5) is 0 Å². The van der Waals surface area contributed by atoms with Crippen LogP contribution in [0.25, 0.3) is 0 Å². The lowest BCUT2D eigenvalue weighted by atomic mass is 10.4. The van der Waals surface area contributed by atoms with E-state index >= 15 is 0 Å². The van der Waals surface area contributed by atoms with Crippen LogP contribution in [-0.2, 0) is 13.8 Å². The van der Waals surface area contributed by atoms with E-state index in [0.29, 0.717) is 0 Å². The Labute approximate surface area is 64.0 Å². The van der Waals surface area contributed by atoms with Crippen LogP contribution in [0.5, 0.6) is 0 Å². The second-order valence-electron chi connectivity index (χ2n) is 1.90. The number of rotatable bonds is 5. The first kappa shape index (κ1) is 11.0. The van der Waals surface area contributed by atoms with Gasteiger partial charge in [-0.15, -0.1) is 0 Å². The molecule has 0 spiro atoms. The fourth-order valence-corrected chi connectivity index (χ4v) is 0.466. The number of aliphatic hydroxyl groups excluding tert-OH is 1. The highest BCUT2D eigenvalue weighted by molar-refractivity contribution is 7.46. The summed E-state index contributed by atoms with van der Waals surface area (Å²) in [6.07, 6.45) is -0.485.